The van der Waals surface area contributed by atoms with Crippen LogP contribution in [0.1, 0.15) is 134 Å². The molecule has 4 rings (SSSR count). The number of aliphatic hydroxyl groups excluding tert-OH is 1. The lowest BCUT2D eigenvalue weighted by molar-refractivity contribution is -0.156. The summed E-state index contributed by atoms with van der Waals surface area (Å²) < 4.78 is 5.67. The van der Waals surface area contributed by atoms with Gasteiger partial charge in [0.05, 0.1) is 6.42 Å². The Morgan fingerprint density at radius 2 is 0.930 bits per heavy atom. The fourth-order valence-electron chi connectivity index (χ4n) is 7.06. The van der Waals surface area contributed by atoms with E-state index in [0.29, 0.717) is 18.5 Å². The number of nitrogens with zero attached hydrogens (tertiary/aromatic N) is 2. The number of aliphatic hydroxyl groups is 1. The first-order valence-electron chi connectivity index (χ1n) is 20.1. The SMILES string of the molecule is CCCC[C@@H](CC(=O)OC(C)(C)C)N(Cc1ccccc1)[C@@H](C)c1ccccc1.CCCC[C@@H](CCO)N(Cc1ccccc1)[C@@H](C)c1ccccc1.S.S.S.S. The Balaban J connectivity index is 0. The van der Waals surface area contributed by atoms with Crippen molar-refractivity contribution < 1.29 is 14.6 Å². The third-order valence-electron chi connectivity index (χ3n) is 9.98. The summed E-state index contributed by atoms with van der Waals surface area (Å²) in [5, 5.41) is 9.58. The van der Waals surface area contributed by atoms with Crippen molar-refractivity contribution in [3.05, 3.63) is 144 Å². The highest BCUT2D eigenvalue weighted by Crippen LogP contribution is 2.30. The summed E-state index contributed by atoms with van der Waals surface area (Å²) in [6, 6.07) is 43.6. The number of carbonyl (C=O) groups is 1. The molecule has 0 bridgehead atoms. The van der Waals surface area contributed by atoms with Gasteiger partial charge in [0.15, 0.2) is 0 Å². The van der Waals surface area contributed by atoms with Gasteiger partial charge in [0.2, 0.25) is 0 Å². The molecular weight excluding hydrogens is 781 g/mol. The third-order valence-corrected chi connectivity index (χ3v) is 9.98. The van der Waals surface area contributed by atoms with E-state index in [1.165, 1.54) is 35.1 Å². The van der Waals surface area contributed by atoms with Gasteiger partial charge < -0.3 is 9.84 Å². The summed E-state index contributed by atoms with van der Waals surface area (Å²) in [5.41, 5.74) is 4.75. The van der Waals surface area contributed by atoms with E-state index in [1.807, 2.05) is 32.9 Å². The molecular formula is C48H76N2O3S4. The quantitative estimate of drug-likeness (QED) is 0.0898. The minimum Gasteiger partial charge on any atom is -0.460 e. The molecule has 1 N–H and O–H groups in total. The standard InChI is InChI=1S/C26H37NO2.C22H31NO.4H2S/c1-6-7-18-24(19-25(28)29-26(3,4)5)27(20-22-14-10-8-11-15-22)21(2)23-16-12-9-13-17-23;1-3-4-15-22(16-17-24)23(18-20-11-7-5-8-12-20)19(2)21-13-9-6-10-14-21;;;;/h8-17,21,24H,6-7,18-20H2,1-5H3;5-14,19,22,24H,3-4,15-18H2,1-2H3;4*1H2/t21-,24-;19-,22-;;;;/m00..../s1. The number of esters is 1. The van der Waals surface area contributed by atoms with Crippen molar-refractivity contribution in [2.45, 2.75) is 143 Å². The van der Waals surface area contributed by atoms with E-state index in [0.717, 1.165) is 45.2 Å². The third kappa shape index (κ3) is 21.5. The van der Waals surface area contributed by atoms with Crippen LogP contribution in [0.15, 0.2) is 121 Å². The van der Waals surface area contributed by atoms with Gasteiger partial charge in [0.25, 0.3) is 0 Å². The Morgan fingerprint density at radius 1 is 0.579 bits per heavy atom. The molecule has 0 unspecified atom stereocenters. The molecule has 0 aromatic heterocycles. The van der Waals surface area contributed by atoms with Gasteiger partial charge in [-0.3, -0.25) is 14.6 Å². The average molecular weight is 857 g/mol. The van der Waals surface area contributed by atoms with Gasteiger partial charge in [0, 0.05) is 43.9 Å². The fourth-order valence-corrected chi connectivity index (χ4v) is 7.06. The van der Waals surface area contributed by atoms with Crippen molar-refractivity contribution in [1.29, 1.82) is 0 Å². The van der Waals surface area contributed by atoms with Crippen LogP contribution in [-0.4, -0.2) is 45.2 Å². The Morgan fingerprint density at radius 3 is 1.28 bits per heavy atom. The van der Waals surface area contributed by atoms with Crippen molar-refractivity contribution in [3.8, 4) is 0 Å². The van der Waals surface area contributed by atoms with E-state index in [4.69, 9.17) is 4.74 Å². The minimum absolute atomic E-state index is 0. The first-order chi connectivity index (χ1) is 25.6. The van der Waals surface area contributed by atoms with Crippen LogP contribution in [0.5, 0.6) is 0 Å². The van der Waals surface area contributed by atoms with Crippen molar-refractivity contribution >= 4 is 60.0 Å². The Hall–Kier alpha value is -2.37. The van der Waals surface area contributed by atoms with Gasteiger partial charge in [-0.25, -0.2) is 0 Å². The van der Waals surface area contributed by atoms with Crippen molar-refractivity contribution in [2.75, 3.05) is 6.61 Å². The lowest BCUT2D eigenvalue weighted by Gasteiger charge is -2.37. The zero-order chi connectivity index (χ0) is 38.5. The maximum atomic E-state index is 12.7. The topological polar surface area (TPSA) is 53.0 Å². The molecule has 4 atom stereocenters. The number of carbonyl (C=O) groups excluding carboxylic acids is 1. The number of hydrogen-bond donors (Lipinski definition) is 1. The zero-order valence-corrected chi connectivity index (χ0v) is 39.8. The summed E-state index contributed by atoms with van der Waals surface area (Å²) >= 11 is 0. The molecule has 0 saturated heterocycles. The number of unbranched alkanes of at least 4 members (excludes halogenated alkanes) is 2. The van der Waals surface area contributed by atoms with Gasteiger partial charge in [-0.1, -0.05) is 161 Å². The molecule has 4 aromatic rings. The summed E-state index contributed by atoms with van der Waals surface area (Å²) in [5.74, 6) is -0.114. The second kappa shape index (κ2) is 31.5. The Bertz CT molecular complexity index is 1530. The highest BCUT2D eigenvalue weighted by molar-refractivity contribution is 7.59. The molecule has 0 aliphatic heterocycles. The summed E-state index contributed by atoms with van der Waals surface area (Å²) in [7, 11) is 0. The molecule has 0 aliphatic rings. The molecule has 9 heteroatoms. The Labute approximate surface area is 375 Å². The first-order valence-corrected chi connectivity index (χ1v) is 20.1. The van der Waals surface area contributed by atoms with E-state index in [1.54, 1.807) is 0 Å². The van der Waals surface area contributed by atoms with Crippen LogP contribution in [0.3, 0.4) is 0 Å². The average Bonchev–Trinajstić information content (AvgIpc) is 3.17. The molecule has 0 radical (unpaired) electrons. The molecule has 0 spiro atoms. The van der Waals surface area contributed by atoms with Crippen molar-refractivity contribution in [2.24, 2.45) is 0 Å². The molecule has 0 saturated carbocycles. The van der Waals surface area contributed by atoms with E-state index in [-0.39, 0.29) is 78.6 Å². The van der Waals surface area contributed by atoms with Crippen LogP contribution in [0, 0.1) is 0 Å². The maximum absolute atomic E-state index is 12.7. The van der Waals surface area contributed by atoms with E-state index in [2.05, 4.69) is 147 Å². The van der Waals surface area contributed by atoms with E-state index >= 15 is 0 Å². The molecule has 0 amide bonds. The van der Waals surface area contributed by atoms with Crippen LogP contribution in [0.4, 0.5) is 0 Å². The van der Waals surface area contributed by atoms with Crippen LogP contribution in [0.2, 0.25) is 0 Å². The summed E-state index contributed by atoms with van der Waals surface area (Å²) in [6.45, 7) is 16.7. The van der Waals surface area contributed by atoms with E-state index < -0.39 is 5.60 Å². The second-order valence-corrected chi connectivity index (χ2v) is 15.4. The lowest BCUT2D eigenvalue weighted by atomic mass is 9.98. The van der Waals surface area contributed by atoms with Gasteiger partial charge in [-0.15, -0.1) is 0 Å². The maximum Gasteiger partial charge on any atom is 0.307 e. The number of ether oxygens (including phenoxy) is 1. The second-order valence-electron chi connectivity index (χ2n) is 15.4. The van der Waals surface area contributed by atoms with Gasteiger partial charge >= 0.3 is 5.97 Å². The number of hydrogen-bond acceptors (Lipinski definition) is 5. The van der Waals surface area contributed by atoms with Crippen molar-refractivity contribution in [1.82, 2.24) is 9.80 Å². The van der Waals surface area contributed by atoms with Crippen LogP contribution >= 0.6 is 54.0 Å². The lowest BCUT2D eigenvalue weighted by Crippen LogP contribution is -2.39. The van der Waals surface area contributed by atoms with Gasteiger partial charge in [-0.05, 0) is 76.1 Å². The molecule has 0 fully saturated rings. The Kier molecular flexibility index (Phi) is 31.4. The van der Waals surface area contributed by atoms with E-state index in [9.17, 15) is 9.90 Å². The first kappa shape index (κ1) is 56.7. The molecule has 5 nitrogen and oxygen atoms in total. The van der Waals surface area contributed by atoms with Gasteiger partial charge in [-0.2, -0.15) is 54.0 Å². The molecule has 0 heterocycles. The molecule has 320 valence electrons. The fraction of sp³-hybridized carbons (Fsp3) is 0.479. The van der Waals surface area contributed by atoms with Crippen LogP contribution < -0.4 is 0 Å². The monoisotopic (exact) mass is 856 g/mol. The smallest absolute Gasteiger partial charge is 0.307 e. The number of benzene rings is 4. The predicted molar refractivity (Wildman–Crippen MR) is 264 cm³/mol. The van der Waals surface area contributed by atoms with Crippen LogP contribution in [0.25, 0.3) is 0 Å². The minimum atomic E-state index is -0.457. The van der Waals surface area contributed by atoms with Gasteiger partial charge in [0.1, 0.15) is 5.60 Å². The molecule has 4 aromatic carbocycles. The zero-order valence-electron chi connectivity index (χ0n) is 35.8. The predicted octanol–water partition coefficient (Wildman–Crippen LogP) is 12.2. The molecule has 0 aliphatic carbocycles. The summed E-state index contributed by atoms with van der Waals surface area (Å²) in [6.07, 6.45) is 7.99. The largest absolute Gasteiger partial charge is 0.460 e. The van der Waals surface area contributed by atoms with Crippen molar-refractivity contribution in [3.63, 3.8) is 0 Å². The normalized spacial score (nSPS) is 12.9. The van der Waals surface area contributed by atoms with Crippen LogP contribution in [-0.2, 0) is 22.6 Å². The summed E-state index contributed by atoms with van der Waals surface area (Å²) in [4.78, 5) is 17.7. The highest BCUT2D eigenvalue weighted by atomic mass is 32.1. The highest BCUT2D eigenvalue weighted by Gasteiger charge is 2.29. The number of rotatable bonds is 20. The molecule has 57 heavy (non-hydrogen) atoms.